The Morgan fingerprint density at radius 2 is 1.10 bits per heavy atom. The van der Waals surface area contributed by atoms with Crippen LogP contribution in [-0.2, 0) is 19.6 Å². The molecule has 2 saturated carbocycles. The van der Waals surface area contributed by atoms with E-state index in [1.54, 1.807) is 0 Å². The fourth-order valence-electron chi connectivity index (χ4n) is 4.15. The van der Waals surface area contributed by atoms with E-state index in [0.717, 1.165) is 51.4 Å². The molecule has 0 N–H and O–H groups in total. The lowest BCUT2D eigenvalue weighted by Crippen LogP contribution is -2.58. The molecule has 0 aromatic heterocycles. The van der Waals surface area contributed by atoms with Crippen molar-refractivity contribution < 1.29 is 19.6 Å². The average Bonchev–Trinajstić information content (AvgIpc) is 2.51. The molecule has 4 nitrogen and oxygen atoms in total. The summed E-state index contributed by atoms with van der Waals surface area (Å²) in [5.74, 6) is -0.573. The van der Waals surface area contributed by atoms with Gasteiger partial charge in [0.05, 0.1) is 0 Å². The van der Waals surface area contributed by atoms with Crippen LogP contribution in [0, 0.1) is 11.8 Å². The van der Waals surface area contributed by atoms with Crippen LogP contribution < -0.4 is 0 Å². The molecular formula is C16H28O4. The van der Waals surface area contributed by atoms with Crippen molar-refractivity contribution in [1.29, 1.82) is 0 Å². The fraction of sp³-hybridized carbons (Fsp3) is 1.00. The van der Waals surface area contributed by atoms with Gasteiger partial charge in [0.25, 0.3) is 0 Å². The van der Waals surface area contributed by atoms with Gasteiger partial charge in [0.2, 0.25) is 11.6 Å². The van der Waals surface area contributed by atoms with Gasteiger partial charge < -0.3 is 0 Å². The molecule has 1 heterocycles. The maximum Gasteiger partial charge on any atom is 0.237 e. The molecule has 3 fully saturated rings. The molecule has 0 bridgehead atoms. The van der Waals surface area contributed by atoms with Gasteiger partial charge in [-0.2, -0.15) is 19.6 Å². The summed E-state index contributed by atoms with van der Waals surface area (Å²) in [5.41, 5.74) is 0. The minimum Gasteiger partial charge on any atom is -0.195 e. The second-order valence-corrected chi connectivity index (χ2v) is 6.66. The van der Waals surface area contributed by atoms with Crippen molar-refractivity contribution in [3.63, 3.8) is 0 Å². The fourth-order valence-corrected chi connectivity index (χ4v) is 4.15. The summed E-state index contributed by atoms with van der Waals surface area (Å²) in [6.45, 7) is 4.37. The van der Waals surface area contributed by atoms with E-state index in [1.807, 2.05) is 0 Å². The summed E-state index contributed by atoms with van der Waals surface area (Å²) in [5, 5.41) is 0. The van der Waals surface area contributed by atoms with Crippen LogP contribution in [0.4, 0.5) is 0 Å². The normalized spacial score (nSPS) is 45.9. The van der Waals surface area contributed by atoms with Crippen molar-refractivity contribution in [2.45, 2.75) is 89.6 Å². The standard InChI is InChI=1S/C16H28O4/c1-3-13-9-5-7-11-15(13)17-19-16(20-18-15)12-8-6-10-14(16)4-2/h13-14H,3-12H2,1-2H3/t13-,14+,15?,16?. The third kappa shape index (κ3) is 2.41. The van der Waals surface area contributed by atoms with E-state index in [9.17, 15) is 0 Å². The van der Waals surface area contributed by atoms with E-state index in [2.05, 4.69) is 13.8 Å². The van der Waals surface area contributed by atoms with Gasteiger partial charge in [0, 0.05) is 24.7 Å². The Labute approximate surface area is 122 Å². The van der Waals surface area contributed by atoms with E-state index in [4.69, 9.17) is 19.6 Å². The van der Waals surface area contributed by atoms with Crippen LogP contribution in [0.1, 0.15) is 78.1 Å². The van der Waals surface area contributed by atoms with Gasteiger partial charge in [0.1, 0.15) is 0 Å². The van der Waals surface area contributed by atoms with Gasteiger partial charge in [-0.25, -0.2) is 0 Å². The second-order valence-electron chi connectivity index (χ2n) is 6.66. The Hall–Kier alpha value is -0.160. The Morgan fingerprint density at radius 1 is 0.700 bits per heavy atom. The molecule has 2 aliphatic carbocycles. The van der Waals surface area contributed by atoms with Gasteiger partial charge in [-0.15, -0.1) is 0 Å². The summed E-state index contributed by atoms with van der Waals surface area (Å²) in [6, 6.07) is 0. The van der Waals surface area contributed by atoms with Crippen molar-refractivity contribution in [1.82, 2.24) is 0 Å². The van der Waals surface area contributed by atoms with E-state index in [-0.39, 0.29) is 0 Å². The molecule has 1 aliphatic heterocycles. The quantitative estimate of drug-likeness (QED) is 0.700. The lowest BCUT2D eigenvalue weighted by Gasteiger charge is -2.51. The van der Waals surface area contributed by atoms with Crippen LogP contribution in [-0.4, -0.2) is 11.6 Å². The molecule has 0 aromatic rings. The van der Waals surface area contributed by atoms with Crippen LogP contribution in [0.3, 0.4) is 0 Å². The highest BCUT2D eigenvalue weighted by molar-refractivity contribution is 4.87. The largest absolute Gasteiger partial charge is 0.237 e. The minimum absolute atomic E-state index is 0.372. The van der Waals surface area contributed by atoms with Crippen LogP contribution >= 0.6 is 0 Å². The van der Waals surface area contributed by atoms with Crippen molar-refractivity contribution in [3.05, 3.63) is 0 Å². The zero-order valence-corrected chi connectivity index (χ0v) is 12.9. The Balaban J connectivity index is 1.71. The van der Waals surface area contributed by atoms with Crippen molar-refractivity contribution in [2.75, 3.05) is 0 Å². The molecule has 1 saturated heterocycles. The summed E-state index contributed by atoms with van der Waals surface area (Å²) in [6.07, 6.45) is 10.8. The third-order valence-corrected chi connectivity index (χ3v) is 5.53. The van der Waals surface area contributed by atoms with Gasteiger partial charge >= 0.3 is 0 Å². The SMILES string of the molecule is CC[C@@H]1CCCCC12OOC1(CCCC[C@@H]1CC)OO2. The Morgan fingerprint density at radius 3 is 1.45 bits per heavy atom. The molecular weight excluding hydrogens is 256 g/mol. The first-order valence-corrected chi connectivity index (χ1v) is 8.48. The molecule has 0 unspecified atom stereocenters. The molecule has 116 valence electrons. The first kappa shape index (κ1) is 14.8. The minimum atomic E-state index is -0.659. The highest BCUT2D eigenvalue weighted by Gasteiger charge is 2.56. The summed E-state index contributed by atoms with van der Waals surface area (Å²) in [4.78, 5) is 23.6. The molecule has 0 amide bonds. The molecule has 4 heteroatoms. The van der Waals surface area contributed by atoms with Gasteiger partial charge in [-0.3, -0.25) is 0 Å². The van der Waals surface area contributed by atoms with Crippen LogP contribution in [0.25, 0.3) is 0 Å². The van der Waals surface area contributed by atoms with Gasteiger partial charge in [0.15, 0.2) is 0 Å². The van der Waals surface area contributed by atoms with E-state index < -0.39 is 11.6 Å². The van der Waals surface area contributed by atoms with Crippen molar-refractivity contribution in [3.8, 4) is 0 Å². The van der Waals surface area contributed by atoms with Crippen molar-refractivity contribution >= 4 is 0 Å². The summed E-state index contributed by atoms with van der Waals surface area (Å²) < 4.78 is 0. The van der Waals surface area contributed by atoms with E-state index in [1.165, 1.54) is 12.8 Å². The maximum atomic E-state index is 5.89. The number of rotatable bonds is 2. The van der Waals surface area contributed by atoms with E-state index in [0.29, 0.717) is 11.8 Å². The average molecular weight is 284 g/mol. The predicted molar refractivity (Wildman–Crippen MR) is 74.3 cm³/mol. The lowest BCUT2D eigenvalue weighted by atomic mass is 9.81. The zero-order valence-electron chi connectivity index (χ0n) is 12.9. The van der Waals surface area contributed by atoms with E-state index >= 15 is 0 Å². The highest BCUT2D eigenvalue weighted by Crippen LogP contribution is 2.49. The monoisotopic (exact) mass is 284 g/mol. The molecule has 2 spiro atoms. The third-order valence-electron chi connectivity index (χ3n) is 5.53. The smallest absolute Gasteiger partial charge is 0.195 e. The molecule has 3 aliphatic rings. The van der Waals surface area contributed by atoms with Gasteiger partial charge in [-0.1, -0.05) is 26.7 Å². The molecule has 2 atom stereocenters. The molecule has 0 radical (unpaired) electrons. The first-order chi connectivity index (χ1) is 9.75. The number of hydrogen-bond donors (Lipinski definition) is 0. The van der Waals surface area contributed by atoms with Crippen LogP contribution in [0.5, 0.6) is 0 Å². The number of hydrogen-bond acceptors (Lipinski definition) is 4. The van der Waals surface area contributed by atoms with Crippen molar-refractivity contribution in [2.24, 2.45) is 11.8 Å². The molecule has 0 aromatic carbocycles. The summed E-state index contributed by atoms with van der Waals surface area (Å²) in [7, 11) is 0. The van der Waals surface area contributed by atoms with Crippen LogP contribution in [0.15, 0.2) is 0 Å². The lowest BCUT2D eigenvalue weighted by molar-refractivity contribution is -0.675. The van der Waals surface area contributed by atoms with Gasteiger partial charge in [-0.05, 0) is 38.5 Å². The zero-order chi connectivity index (χ0) is 14.1. The Kier molecular flexibility index (Phi) is 4.37. The maximum absolute atomic E-state index is 5.89. The molecule has 3 rings (SSSR count). The molecule has 20 heavy (non-hydrogen) atoms. The Bertz CT molecular complexity index is 290. The topological polar surface area (TPSA) is 36.9 Å². The highest BCUT2D eigenvalue weighted by atomic mass is 17.4. The predicted octanol–water partition coefficient (Wildman–Crippen LogP) is 4.49. The van der Waals surface area contributed by atoms with Crippen LogP contribution in [0.2, 0.25) is 0 Å². The second kappa shape index (κ2) is 5.91. The summed E-state index contributed by atoms with van der Waals surface area (Å²) >= 11 is 0. The first-order valence-electron chi connectivity index (χ1n) is 8.48.